The molecule has 2 heterocycles. The van der Waals surface area contributed by atoms with Crippen LogP contribution in [0.1, 0.15) is 43.9 Å². The van der Waals surface area contributed by atoms with Gasteiger partial charge in [-0.2, -0.15) is 0 Å². The quantitative estimate of drug-likeness (QED) is 0.762. The lowest BCUT2D eigenvalue weighted by molar-refractivity contribution is 0.0240. The van der Waals surface area contributed by atoms with Crippen LogP contribution in [0.25, 0.3) is 0 Å². The Bertz CT molecular complexity index is 780. The maximum absolute atomic E-state index is 12.4. The van der Waals surface area contributed by atoms with Crippen molar-refractivity contribution in [2.75, 3.05) is 37.3 Å². The fourth-order valence-corrected chi connectivity index (χ4v) is 3.31. The van der Waals surface area contributed by atoms with Crippen molar-refractivity contribution in [2.45, 2.75) is 46.4 Å². The highest BCUT2D eigenvalue weighted by Crippen LogP contribution is 2.25. The number of carbonyl (C=O) groups excluding carboxylic acids is 2. The van der Waals surface area contributed by atoms with Gasteiger partial charge >= 0.3 is 6.09 Å². The summed E-state index contributed by atoms with van der Waals surface area (Å²) in [6.45, 7) is 9.32. The molecule has 1 saturated heterocycles. The SMILES string of the molecule is CC#CCn1c(N2CCN(C(=O)OC(C)(C)C)CC2)nc(CO)c1C(=O)SC. The number of hydrogen-bond acceptors (Lipinski definition) is 7. The van der Waals surface area contributed by atoms with Crippen molar-refractivity contribution in [3.8, 4) is 11.8 Å². The first-order chi connectivity index (χ1) is 13.2. The summed E-state index contributed by atoms with van der Waals surface area (Å²) in [5, 5.41) is 9.53. The van der Waals surface area contributed by atoms with E-state index in [9.17, 15) is 14.7 Å². The van der Waals surface area contributed by atoms with Gasteiger partial charge in [0, 0.05) is 26.2 Å². The molecule has 0 unspecified atom stereocenters. The van der Waals surface area contributed by atoms with Crippen LogP contribution in [-0.2, 0) is 17.9 Å². The van der Waals surface area contributed by atoms with Crippen LogP contribution in [0.4, 0.5) is 10.7 Å². The molecule has 1 amide bonds. The molecule has 0 atom stereocenters. The largest absolute Gasteiger partial charge is 0.444 e. The van der Waals surface area contributed by atoms with E-state index in [2.05, 4.69) is 16.8 Å². The Morgan fingerprint density at radius 2 is 1.89 bits per heavy atom. The van der Waals surface area contributed by atoms with Crippen molar-refractivity contribution in [1.29, 1.82) is 0 Å². The summed E-state index contributed by atoms with van der Waals surface area (Å²) >= 11 is 1.08. The van der Waals surface area contributed by atoms with Crippen LogP contribution in [-0.4, -0.2) is 68.8 Å². The third-order valence-corrected chi connectivity index (χ3v) is 4.74. The number of piperazine rings is 1. The average Bonchev–Trinajstić information content (AvgIpc) is 3.03. The lowest BCUT2D eigenvalue weighted by atomic mass is 10.2. The third kappa shape index (κ3) is 5.20. The normalized spacial score (nSPS) is 14.5. The lowest BCUT2D eigenvalue weighted by Gasteiger charge is -2.36. The summed E-state index contributed by atoms with van der Waals surface area (Å²) in [6, 6.07) is 0. The highest BCUT2D eigenvalue weighted by Gasteiger charge is 2.30. The molecule has 0 aromatic carbocycles. The maximum Gasteiger partial charge on any atom is 0.410 e. The molecular formula is C19H28N4O4S. The Morgan fingerprint density at radius 1 is 1.25 bits per heavy atom. The molecule has 0 bridgehead atoms. The van der Waals surface area contributed by atoms with E-state index in [0.717, 1.165) is 11.8 Å². The second-order valence-electron chi connectivity index (χ2n) is 7.32. The van der Waals surface area contributed by atoms with E-state index in [-0.39, 0.29) is 17.8 Å². The molecule has 8 nitrogen and oxygen atoms in total. The van der Waals surface area contributed by atoms with E-state index < -0.39 is 5.60 Å². The topological polar surface area (TPSA) is 87.9 Å². The van der Waals surface area contributed by atoms with E-state index in [1.807, 2.05) is 25.7 Å². The molecule has 0 radical (unpaired) electrons. The first-order valence-corrected chi connectivity index (χ1v) is 10.3. The fraction of sp³-hybridized carbons (Fsp3) is 0.632. The van der Waals surface area contributed by atoms with Gasteiger partial charge in [0.2, 0.25) is 11.1 Å². The zero-order valence-corrected chi connectivity index (χ0v) is 17.9. The number of imidazole rings is 1. The Morgan fingerprint density at radius 3 is 2.39 bits per heavy atom. The van der Waals surface area contributed by atoms with Crippen LogP contribution >= 0.6 is 11.8 Å². The minimum Gasteiger partial charge on any atom is -0.444 e. The zero-order valence-electron chi connectivity index (χ0n) is 17.1. The predicted octanol–water partition coefficient (Wildman–Crippen LogP) is 1.96. The number of carbonyl (C=O) groups is 2. The van der Waals surface area contributed by atoms with Gasteiger partial charge in [0.1, 0.15) is 11.3 Å². The van der Waals surface area contributed by atoms with Crippen LogP contribution in [0, 0.1) is 11.8 Å². The molecule has 1 aromatic heterocycles. The van der Waals surface area contributed by atoms with Crippen molar-refractivity contribution < 1.29 is 19.4 Å². The van der Waals surface area contributed by atoms with Gasteiger partial charge in [0.25, 0.3) is 0 Å². The Balaban J connectivity index is 2.23. The minimum absolute atomic E-state index is 0.159. The Kier molecular flexibility index (Phi) is 7.38. The van der Waals surface area contributed by atoms with E-state index >= 15 is 0 Å². The van der Waals surface area contributed by atoms with Crippen molar-refractivity contribution in [2.24, 2.45) is 0 Å². The van der Waals surface area contributed by atoms with Gasteiger partial charge in [0.15, 0.2) is 0 Å². The molecule has 2 rings (SSSR count). The van der Waals surface area contributed by atoms with Crippen molar-refractivity contribution in [3.63, 3.8) is 0 Å². The number of ether oxygens (including phenoxy) is 1. The Labute approximate surface area is 170 Å². The van der Waals surface area contributed by atoms with Gasteiger partial charge in [-0.15, -0.1) is 5.92 Å². The van der Waals surface area contributed by atoms with Crippen molar-refractivity contribution in [1.82, 2.24) is 14.5 Å². The van der Waals surface area contributed by atoms with E-state index in [1.54, 1.807) is 22.6 Å². The molecule has 0 saturated carbocycles. The van der Waals surface area contributed by atoms with Gasteiger partial charge in [-0.3, -0.25) is 9.36 Å². The molecule has 0 aliphatic carbocycles. The molecule has 1 N–H and O–H groups in total. The smallest absolute Gasteiger partial charge is 0.410 e. The number of hydrogen-bond donors (Lipinski definition) is 1. The highest BCUT2D eigenvalue weighted by molar-refractivity contribution is 8.13. The number of anilines is 1. The summed E-state index contributed by atoms with van der Waals surface area (Å²) in [4.78, 5) is 32.8. The summed E-state index contributed by atoms with van der Waals surface area (Å²) < 4.78 is 7.18. The fourth-order valence-electron chi connectivity index (χ4n) is 2.89. The molecule has 154 valence electrons. The van der Waals surface area contributed by atoms with Crippen LogP contribution in [0.2, 0.25) is 0 Å². The number of thioether (sulfide) groups is 1. The van der Waals surface area contributed by atoms with Crippen LogP contribution in [0.3, 0.4) is 0 Å². The standard InChI is InChI=1S/C19H28N4O4S/c1-6-7-8-23-15(16(25)28-5)14(13-24)20-17(23)21-9-11-22(12-10-21)18(26)27-19(2,3)4/h24H,8-13H2,1-5H3. The second-order valence-corrected chi connectivity index (χ2v) is 8.10. The number of nitrogens with zero attached hydrogens (tertiary/aromatic N) is 4. The average molecular weight is 409 g/mol. The first-order valence-electron chi connectivity index (χ1n) is 9.12. The second kappa shape index (κ2) is 9.34. The number of aliphatic hydroxyl groups excluding tert-OH is 1. The molecule has 1 aliphatic heterocycles. The van der Waals surface area contributed by atoms with Crippen molar-refractivity contribution in [3.05, 3.63) is 11.4 Å². The van der Waals surface area contributed by atoms with Gasteiger partial charge in [-0.05, 0) is 34.0 Å². The van der Waals surface area contributed by atoms with Crippen LogP contribution < -0.4 is 4.90 Å². The van der Waals surface area contributed by atoms with E-state index in [1.165, 1.54) is 0 Å². The van der Waals surface area contributed by atoms with E-state index in [4.69, 9.17) is 4.74 Å². The summed E-state index contributed by atoms with van der Waals surface area (Å²) in [6.07, 6.45) is 1.37. The number of aromatic nitrogens is 2. The minimum atomic E-state index is -0.535. The molecule has 1 fully saturated rings. The summed E-state index contributed by atoms with van der Waals surface area (Å²) in [5.41, 5.74) is 0.191. The lowest BCUT2D eigenvalue weighted by Crippen LogP contribution is -2.50. The Hall–Kier alpha value is -2.18. The molecule has 1 aliphatic rings. The van der Waals surface area contributed by atoms with Gasteiger partial charge in [0.05, 0.1) is 18.8 Å². The van der Waals surface area contributed by atoms with Crippen molar-refractivity contribution >= 4 is 28.9 Å². The van der Waals surface area contributed by atoms with Gasteiger partial charge < -0.3 is 19.6 Å². The molecule has 0 spiro atoms. The number of aliphatic hydroxyl groups is 1. The number of amides is 1. The molecule has 1 aromatic rings. The monoisotopic (exact) mass is 408 g/mol. The predicted molar refractivity (Wildman–Crippen MR) is 109 cm³/mol. The summed E-state index contributed by atoms with van der Waals surface area (Å²) in [7, 11) is 0. The van der Waals surface area contributed by atoms with Gasteiger partial charge in [-0.1, -0.05) is 17.7 Å². The van der Waals surface area contributed by atoms with Crippen LogP contribution in [0.5, 0.6) is 0 Å². The van der Waals surface area contributed by atoms with Crippen LogP contribution in [0.15, 0.2) is 0 Å². The number of rotatable bonds is 4. The summed E-state index contributed by atoms with van der Waals surface area (Å²) in [5.74, 6) is 6.40. The highest BCUT2D eigenvalue weighted by atomic mass is 32.2. The zero-order chi connectivity index (χ0) is 20.9. The molecular weight excluding hydrogens is 380 g/mol. The van der Waals surface area contributed by atoms with E-state index in [0.29, 0.717) is 50.1 Å². The first kappa shape index (κ1) is 22.1. The molecule has 9 heteroatoms. The maximum atomic E-state index is 12.4. The molecule has 28 heavy (non-hydrogen) atoms. The third-order valence-electron chi connectivity index (χ3n) is 4.18. The van der Waals surface area contributed by atoms with Gasteiger partial charge in [-0.25, -0.2) is 9.78 Å².